The van der Waals surface area contributed by atoms with E-state index in [1.165, 1.54) is 26.4 Å². The van der Waals surface area contributed by atoms with Gasteiger partial charge in [-0.05, 0) is 0 Å². The van der Waals surface area contributed by atoms with Gasteiger partial charge in [-0.25, -0.2) is 0 Å². The minimum atomic E-state index is -3.79. The first-order valence-electron chi connectivity index (χ1n) is 13.7. The van der Waals surface area contributed by atoms with E-state index < -0.39 is 25.7 Å². The summed E-state index contributed by atoms with van der Waals surface area (Å²) in [4.78, 5) is 0. The van der Waals surface area contributed by atoms with Gasteiger partial charge in [-0.15, -0.1) is 24.8 Å². The molecule has 0 spiro atoms. The van der Waals surface area contributed by atoms with E-state index >= 15 is 0 Å². The number of rotatable bonds is 7. The van der Waals surface area contributed by atoms with E-state index in [4.69, 9.17) is 4.43 Å². The second kappa shape index (κ2) is 11.2. The molecule has 6 rings (SSSR count). The average molecular weight is 671 g/mol. The fourth-order valence-electron chi connectivity index (χ4n) is 7.58. The maximum Gasteiger partial charge on any atom is -0.147 e. The molecule has 0 aromatic heterocycles. The summed E-state index contributed by atoms with van der Waals surface area (Å²) in [5.41, 5.74) is 12.1. The average Bonchev–Trinajstić information content (AvgIpc) is 3.41. The molecule has 0 unspecified atom stereocenters. The van der Waals surface area contributed by atoms with Crippen LogP contribution in [0.3, 0.4) is 0 Å². The Balaban J connectivity index is 0.00000176. The molecular weight excluding hydrogens is 631 g/mol. The van der Waals surface area contributed by atoms with Gasteiger partial charge in [0.1, 0.15) is 0 Å². The molecule has 0 saturated carbocycles. The number of hydrogen-bond acceptors (Lipinski definition) is 1. The van der Waals surface area contributed by atoms with Gasteiger partial charge in [-0.1, -0.05) is 0 Å². The van der Waals surface area contributed by atoms with Crippen LogP contribution >= 0.6 is 24.8 Å². The van der Waals surface area contributed by atoms with Crippen molar-refractivity contribution in [3.63, 3.8) is 0 Å². The van der Waals surface area contributed by atoms with Gasteiger partial charge in [0, 0.05) is 0 Å². The summed E-state index contributed by atoms with van der Waals surface area (Å²) in [6.07, 6.45) is 1.15. The Labute approximate surface area is 250 Å². The van der Waals surface area contributed by atoms with E-state index in [-0.39, 0.29) is 24.8 Å². The van der Waals surface area contributed by atoms with Gasteiger partial charge < -0.3 is 0 Å². The Morgan fingerprint density at radius 3 is 1.23 bits per heavy atom. The summed E-state index contributed by atoms with van der Waals surface area (Å²) < 4.78 is 11.6. The molecule has 39 heavy (non-hydrogen) atoms. The summed E-state index contributed by atoms with van der Waals surface area (Å²) in [7, 11) is -1.55. The van der Waals surface area contributed by atoms with Crippen LogP contribution in [0, 0.1) is 0 Å². The van der Waals surface area contributed by atoms with Crippen molar-refractivity contribution in [1.29, 1.82) is 0 Å². The molecule has 2 aliphatic carbocycles. The standard InChI is InChI=1S/2C13H9.C6H15OSi.CH3.2ClH.H2Si.Zr/c2*1-3-7-12-10(5-1)9-11-6-2-4-8-13(11)12;1-5-6-7-8(2,3)4;;;;;/h2*1-9H;1,5-6H2,2-4H3;1H3;2*1H;1H2;. The van der Waals surface area contributed by atoms with Crippen molar-refractivity contribution in [1.82, 2.24) is 0 Å². The molecule has 0 N–H and O–H groups in total. The Morgan fingerprint density at radius 2 is 0.923 bits per heavy atom. The molecule has 1 nitrogen and oxygen atoms in total. The van der Waals surface area contributed by atoms with Crippen LogP contribution < -0.4 is 0 Å². The molecule has 0 saturated heterocycles. The van der Waals surface area contributed by atoms with Gasteiger partial charge in [-0.2, -0.15) is 0 Å². The second-order valence-corrected chi connectivity index (χ2v) is 45.7. The number of benzene rings is 4. The molecule has 0 bridgehead atoms. The Bertz CT molecular complexity index is 1390. The van der Waals surface area contributed by atoms with Crippen LogP contribution in [-0.2, 0) is 21.8 Å². The van der Waals surface area contributed by atoms with Crippen LogP contribution in [0.15, 0.2) is 97.1 Å². The zero-order valence-electron chi connectivity index (χ0n) is 23.4. The Hall–Kier alpha value is -1.26. The molecule has 0 heterocycles. The van der Waals surface area contributed by atoms with Crippen molar-refractivity contribution in [3.8, 4) is 22.3 Å². The van der Waals surface area contributed by atoms with E-state index in [0.717, 1.165) is 13.0 Å². The van der Waals surface area contributed by atoms with E-state index in [1.54, 1.807) is 22.3 Å². The van der Waals surface area contributed by atoms with Crippen LogP contribution in [0.2, 0.25) is 28.4 Å². The van der Waals surface area contributed by atoms with Crippen molar-refractivity contribution in [2.75, 3.05) is 6.61 Å². The summed E-state index contributed by atoms with van der Waals surface area (Å²) in [6.45, 7) is 10.3. The maximum absolute atomic E-state index is 6.45. The molecule has 204 valence electrons. The molecule has 0 amide bonds. The summed E-state index contributed by atoms with van der Waals surface area (Å²) >= 11 is -3.79. The minimum Gasteiger partial charge on any atom is -0.147 e. The molecule has 4 aromatic carbocycles. The van der Waals surface area contributed by atoms with Crippen LogP contribution in [0.1, 0.15) is 35.9 Å². The van der Waals surface area contributed by atoms with Crippen LogP contribution in [0.5, 0.6) is 0 Å². The number of fused-ring (bicyclic) bond motifs is 6. The van der Waals surface area contributed by atoms with Gasteiger partial charge >= 0.3 is 227 Å². The van der Waals surface area contributed by atoms with E-state index in [0.29, 0.717) is 7.25 Å². The third kappa shape index (κ3) is 5.15. The zero-order valence-corrected chi connectivity index (χ0v) is 30.0. The van der Waals surface area contributed by atoms with Crippen LogP contribution in [-0.4, -0.2) is 21.8 Å². The predicted octanol–water partition coefficient (Wildman–Crippen LogP) is 9.32. The third-order valence-electron chi connectivity index (χ3n) is 8.97. The molecule has 0 radical (unpaired) electrons. The topological polar surface area (TPSA) is 9.23 Å². The van der Waals surface area contributed by atoms with Gasteiger partial charge in [0.25, 0.3) is 0 Å². The molecule has 0 atom stereocenters. The monoisotopic (exact) mass is 668 g/mol. The summed E-state index contributed by atoms with van der Waals surface area (Å²) in [5, 5.41) is 0. The van der Waals surface area contributed by atoms with Crippen LogP contribution in [0.25, 0.3) is 22.3 Å². The van der Waals surface area contributed by atoms with Crippen molar-refractivity contribution in [3.05, 3.63) is 119 Å². The first kappa shape index (κ1) is 30.7. The maximum atomic E-state index is 6.45. The Morgan fingerprint density at radius 1 is 0.615 bits per heavy atom. The minimum absolute atomic E-state index is 0. The normalized spacial score (nSPS) is 14.5. The van der Waals surface area contributed by atoms with Crippen molar-refractivity contribution in [2.45, 2.75) is 42.1 Å². The molecule has 0 fully saturated rings. The number of hydrogen-bond donors (Lipinski definition) is 0. The molecule has 4 aromatic rings. The van der Waals surface area contributed by atoms with E-state index in [9.17, 15) is 0 Å². The smallest absolute Gasteiger partial charge is 0.147 e. The molecular formula is C33H40Cl2OSi2Zr. The van der Waals surface area contributed by atoms with Gasteiger partial charge in [0.2, 0.25) is 0 Å². The molecule has 0 aliphatic heterocycles. The molecule has 2 aliphatic rings. The van der Waals surface area contributed by atoms with E-state index in [1.807, 2.05) is 0 Å². The zero-order chi connectivity index (χ0) is 25.9. The summed E-state index contributed by atoms with van der Waals surface area (Å²) in [6, 6.07) is 37.1. The van der Waals surface area contributed by atoms with E-state index in [2.05, 4.69) is 128 Å². The summed E-state index contributed by atoms with van der Waals surface area (Å²) in [5.74, 6) is 0. The van der Waals surface area contributed by atoms with Crippen molar-refractivity contribution >= 4 is 40.0 Å². The SMILES string of the molecule is C[Si](C)(C)OCC[CH2][Zr]([CH3])(=[SiH2])([CH]1c2ccccc2-c2ccccc21)[CH]1c2ccccc2-c2ccccc21.Cl.Cl. The van der Waals surface area contributed by atoms with Gasteiger partial charge in [0.15, 0.2) is 0 Å². The van der Waals surface area contributed by atoms with Gasteiger partial charge in [0.05, 0.1) is 0 Å². The largest absolute Gasteiger partial charge is 0.147 e. The van der Waals surface area contributed by atoms with Gasteiger partial charge in [-0.3, -0.25) is 0 Å². The van der Waals surface area contributed by atoms with Crippen molar-refractivity contribution in [2.24, 2.45) is 0 Å². The first-order valence-corrected chi connectivity index (χ1v) is 30.1. The number of halogens is 2. The Kier molecular flexibility index (Phi) is 8.81. The first-order chi connectivity index (χ1) is 17.7. The van der Waals surface area contributed by atoms with Crippen LogP contribution in [0.4, 0.5) is 0 Å². The second-order valence-electron chi connectivity index (χ2n) is 12.8. The van der Waals surface area contributed by atoms with Crippen molar-refractivity contribution < 1.29 is 21.8 Å². The third-order valence-corrected chi connectivity index (χ3v) is 32.9. The predicted molar refractivity (Wildman–Crippen MR) is 175 cm³/mol. The fourth-order valence-corrected chi connectivity index (χ4v) is 31.7. The fraction of sp³-hybridized carbons (Fsp3) is 0.273. The quantitative estimate of drug-likeness (QED) is 0.141. The molecule has 6 heteroatoms.